The Morgan fingerprint density at radius 3 is 2.46 bits per heavy atom. The molecule has 1 aromatic carbocycles. The smallest absolute Gasteiger partial charge is 0.317 e. The van der Waals surface area contributed by atoms with Crippen molar-refractivity contribution < 1.29 is 19.1 Å². The monoisotopic (exact) mass is 362 g/mol. The zero-order valence-electron chi connectivity index (χ0n) is 15.8. The van der Waals surface area contributed by atoms with Gasteiger partial charge < -0.3 is 19.7 Å². The van der Waals surface area contributed by atoms with E-state index in [1.807, 2.05) is 24.3 Å². The van der Waals surface area contributed by atoms with Crippen LogP contribution in [-0.2, 0) is 16.1 Å². The number of carbonyl (C=O) groups excluding carboxylic acids is 2. The van der Waals surface area contributed by atoms with Gasteiger partial charge in [-0.1, -0.05) is 31.4 Å². The summed E-state index contributed by atoms with van der Waals surface area (Å²) in [7, 11) is 1.62. The molecule has 1 aromatic rings. The molecular formula is C20H30N2O4. The summed E-state index contributed by atoms with van der Waals surface area (Å²) in [5.41, 5.74) is 0.994. The number of urea groups is 1. The van der Waals surface area contributed by atoms with Crippen molar-refractivity contribution in [3.63, 3.8) is 0 Å². The van der Waals surface area contributed by atoms with Gasteiger partial charge in [0.25, 0.3) is 0 Å². The molecule has 0 aromatic heterocycles. The minimum absolute atomic E-state index is 0.114. The fourth-order valence-electron chi connectivity index (χ4n) is 3.18. The first kappa shape index (κ1) is 20.1. The van der Waals surface area contributed by atoms with Gasteiger partial charge in [0, 0.05) is 19.1 Å². The molecule has 0 unspecified atom stereocenters. The predicted octanol–water partition coefficient (Wildman–Crippen LogP) is 3.49. The molecule has 1 N–H and O–H groups in total. The molecule has 0 saturated heterocycles. The number of benzene rings is 1. The number of hydrogen-bond donors (Lipinski definition) is 1. The molecule has 1 aliphatic rings. The van der Waals surface area contributed by atoms with Gasteiger partial charge in [0.1, 0.15) is 5.75 Å². The van der Waals surface area contributed by atoms with Crippen LogP contribution in [0, 0.1) is 0 Å². The molecule has 144 valence electrons. The number of rotatable bonds is 8. The molecule has 0 radical (unpaired) electrons. The summed E-state index contributed by atoms with van der Waals surface area (Å²) in [4.78, 5) is 26.1. The number of ether oxygens (including phenoxy) is 2. The van der Waals surface area contributed by atoms with Crippen molar-refractivity contribution in [2.45, 2.75) is 58.0 Å². The second kappa shape index (κ2) is 10.7. The van der Waals surface area contributed by atoms with Gasteiger partial charge in [0.15, 0.2) is 0 Å². The predicted molar refractivity (Wildman–Crippen MR) is 100 cm³/mol. The number of amides is 2. The van der Waals surface area contributed by atoms with E-state index in [-0.39, 0.29) is 24.5 Å². The first-order chi connectivity index (χ1) is 12.6. The molecule has 0 heterocycles. The minimum Gasteiger partial charge on any atom is -0.497 e. The first-order valence-electron chi connectivity index (χ1n) is 9.46. The van der Waals surface area contributed by atoms with E-state index in [0.29, 0.717) is 19.7 Å². The summed E-state index contributed by atoms with van der Waals surface area (Å²) < 4.78 is 10.2. The van der Waals surface area contributed by atoms with Gasteiger partial charge in [-0.05, 0) is 37.5 Å². The van der Waals surface area contributed by atoms with E-state index in [1.54, 1.807) is 18.9 Å². The van der Waals surface area contributed by atoms with Crippen LogP contribution in [0.15, 0.2) is 24.3 Å². The second-order valence-electron chi connectivity index (χ2n) is 6.61. The highest BCUT2D eigenvalue weighted by Crippen LogP contribution is 2.18. The Hall–Kier alpha value is -2.24. The average molecular weight is 362 g/mol. The van der Waals surface area contributed by atoms with Crippen molar-refractivity contribution in [3.05, 3.63) is 29.8 Å². The lowest BCUT2D eigenvalue weighted by atomic mass is 9.96. The fourth-order valence-corrected chi connectivity index (χ4v) is 3.18. The molecule has 26 heavy (non-hydrogen) atoms. The molecule has 0 spiro atoms. The average Bonchev–Trinajstić information content (AvgIpc) is 2.66. The Morgan fingerprint density at radius 2 is 1.85 bits per heavy atom. The fraction of sp³-hybridized carbons (Fsp3) is 0.600. The SMILES string of the molecule is CCOC(=O)CCN(Cc1ccc(OC)cc1)C(=O)NC1CCCCC1. The van der Waals surface area contributed by atoms with E-state index in [9.17, 15) is 9.59 Å². The molecular weight excluding hydrogens is 332 g/mol. The Bertz CT molecular complexity index is 568. The van der Waals surface area contributed by atoms with Crippen LogP contribution in [0.1, 0.15) is 51.0 Å². The zero-order valence-corrected chi connectivity index (χ0v) is 15.8. The molecule has 6 heteroatoms. The van der Waals surface area contributed by atoms with E-state index in [1.165, 1.54) is 6.42 Å². The maximum Gasteiger partial charge on any atom is 0.317 e. The quantitative estimate of drug-likeness (QED) is 0.719. The Labute approximate surface area is 155 Å². The summed E-state index contributed by atoms with van der Waals surface area (Å²) in [6, 6.07) is 7.73. The Balaban J connectivity index is 1.98. The van der Waals surface area contributed by atoms with E-state index in [2.05, 4.69) is 5.32 Å². The minimum atomic E-state index is -0.280. The van der Waals surface area contributed by atoms with Crippen LogP contribution in [0.4, 0.5) is 4.79 Å². The molecule has 1 saturated carbocycles. The lowest BCUT2D eigenvalue weighted by molar-refractivity contribution is -0.143. The normalized spacial score (nSPS) is 14.5. The van der Waals surface area contributed by atoms with Crippen molar-refractivity contribution in [3.8, 4) is 5.75 Å². The van der Waals surface area contributed by atoms with E-state index in [0.717, 1.165) is 37.0 Å². The van der Waals surface area contributed by atoms with Gasteiger partial charge in [-0.25, -0.2) is 4.79 Å². The van der Waals surface area contributed by atoms with Crippen LogP contribution < -0.4 is 10.1 Å². The number of nitrogens with zero attached hydrogens (tertiary/aromatic N) is 1. The topological polar surface area (TPSA) is 67.9 Å². The zero-order chi connectivity index (χ0) is 18.8. The van der Waals surface area contributed by atoms with E-state index < -0.39 is 0 Å². The van der Waals surface area contributed by atoms with Crippen molar-refractivity contribution in [2.24, 2.45) is 0 Å². The van der Waals surface area contributed by atoms with E-state index >= 15 is 0 Å². The van der Waals surface area contributed by atoms with Crippen molar-refractivity contribution in [2.75, 3.05) is 20.3 Å². The molecule has 0 aliphatic heterocycles. The van der Waals surface area contributed by atoms with Gasteiger partial charge in [-0.3, -0.25) is 4.79 Å². The number of methoxy groups -OCH3 is 1. The van der Waals surface area contributed by atoms with Crippen LogP contribution in [0.2, 0.25) is 0 Å². The third-order valence-corrected chi connectivity index (χ3v) is 4.64. The highest BCUT2D eigenvalue weighted by Gasteiger charge is 2.21. The summed E-state index contributed by atoms with van der Waals surface area (Å²) in [5, 5.41) is 3.13. The lowest BCUT2D eigenvalue weighted by Crippen LogP contribution is -2.45. The van der Waals surface area contributed by atoms with Gasteiger partial charge in [-0.15, -0.1) is 0 Å². The van der Waals surface area contributed by atoms with Crippen molar-refractivity contribution in [1.29, 1.82) is 0 Å². The summed E-state index contributed by atoms with van der Waals surface area (Å²) >= 11 is 0. The highest BCUT2D eigenvalue weighted by atomic mass is 16.5. The molecule has 1 fully saturated rings. The molecule has 2 rings (SSSR count). The molecule has 6 nitrogen and oxygen atoms in total. The standard InChI is InChI=1S/C20H30N2O4/c1-3-26-19(23)13-14-22(15-16-9-11-18(25-2)12-10-16)20(24)21-17-7-5-4-6-8-17/h9-12,17H,3-8,13-15H2,1-2H3,(H,21,24). The number of carbonyl (C=O) groups is 2. The molecule has 0 atom stereocenters. The van der Waals surface area contributed by atoms with Gasteiger partial charge in [0.2, 0.25) is 0 Å². The molecule has 2 amide bonds. The van der Waals surface area contributed by atoms with Gasteiger partial charge in [-0.2, -0.15) is 0 Å². The van der Waals surface area contributed by atoms with Gasteiger partial charge in [0.05, 0.1) is 20.1 Å². The Morgan fingerprint density at radius 1 is 1.15 bits per heavy atom. The number of esters is 1. The van der Waals surface area contributed by atoms with E-state index in [4.69, 9.17) is 9.47 Å². The second-order valence-corrected chi connectivity index (χ2v) is 6.61. The maximum atomic E-state index is 12.7. The van der Waals surface area contributed by atoms with Crippen LogP contribution >= 0.6 is 0 Å². The Kier molecular flexibility index (Phi) is 8.25. The lowest BCUT2D eigenvalue weighted by Gasteiger charge is -2.28. The largest absolute Gasteiger partial charge is 0.497 e. The van der Waals surface area contributed by atoms with Crippen LogP contribution in [0.25, 0.3) is 0 Å². The van der Waals surface area contributed by atoms with Crippen molar-refractivity contribution in [1.82, 2.24) is 10.2 Å². The number of nitrogens with one attached hydrogen (secondary N) is 1. The van der Waals surface area contributed by atoms with Crippen LogP contribution in [0.3, 0.4) is 0 Å². The summed E-state index contributed by atoms with van der Waals surface area (Å²) in [6.45, 7) is 2.92. The van der Waals surface area contributed by atoms with Crippen LogP contribution in [-0.4, -0.2) is 43.2 Å². The summed E-state index contributed by atoms with van der Waals surface area (Å²) in [6.07, 6.45) is 5.81. The number of hydrogen-bond acceptors (Lipinski definition) is 4. The van der Waals surface area contributed by atoms with Gasteiger partial charge >= 0.3 is 12.0 Å². The maximum absolute atomic E-state index is 12.7. The first-order valence-corrected chi connectivity index (χ1v) is 9.46. The third kappa shape index (κ3) is 6.58. The molecule has 0 bridgehead atoms. The summed E-state index contributed by atoms with van der Waals surface area (Å²) in [5.74, 6) is 0.496. The molecule has 1 aliphatic carbocycles. The van der Waals surface area contributed by atoms with Crippen LogP contribution in [0.5, 0.6) is 5.75 Å². The third-order valence-electron chi connectivity index (χ3n) is 4.64. The highest BCUT2D eigenvalue weighted by molar-refractivity contribution is 5.76. The van der Waals surface area contributed by atoms with Crippen molar-refractivity contribution >= 4 is 12.0 Å².